The van der Waals surface area contributed by atoms with Crippen molar-refractivity contribution in [2.24, 2.45) is 5.73 Å². The SMILES string of the molecule is N#CC(C(N)=O)(c1ccccc1)C(F)(F)F. The van der Waals surface area contributed by atoms with Crippen LogP contribution < -0.4 is 5.73 Å². The van der Waals surface area contributed by atoms with Gasteiger partial charge in [0, 0.05) is 0 Å². The van der Waals surface area contributed by atoms with Crippen LogP contribution >= 0.6 is 0 Å². The van der Waals surface area contributed by atoms with E-state index in [9.17, 15) is 18.0 Å². The summed E-state index contributed by atoms with van der Waals surface area (Å²) >= 11 is 0. The van der Waals surface area contributed by atoms with Gasteiger partial charge in [0.1, 0.15) is 0 Å². The summed E-state index contributed by atoms with van der Waals surface area (Å²) in [5, 5.41) is 8.67. The van der Waals surface area contributed by atoms with Crippen molar-refractivity contribution < 1.29 is 18.0 Å². The smallest absolute Gasteiger partial charge is 0.368 e. The maximum absolute atomic E-state index is 12.8. The number of nitrogens with zero attached hydrogens (tertiary/aromatic N) is 1. The molecule has 0 saturated carbocycles. The van der Waals surface area contributed by atoms with E-state index in [0.29, 0.717) is 0 Å². The zero-order valence-corrected chi connectivity index (χ0v) is 7.95. The van der Waals surface area contributed by atoms with Gasteiger partial charge in [0.05, 0.1) is 6.07 Å². The van der Waals surface area contributed by atoms with Gasteiger partial charge in [0.15, 0.2) is 0 Å². The van der Waals surface area contributed by atoms with E-state index in [4.69, 9.17) is 11.0 Å². The molecule has 0 heterocycles. The number of carbonyl (C=O) groups is 1. The Morgan fingerprint density at radius 2 is 1.75 bits per heavy atom. The maximum Gasteiger partial charge on any atom is 0.420 e. The largest absolute Gasteiger partial charge is 0.420 e. The van der Waals surface area contributed by atoms with Crippen LogP contribution in [0.5, 0.6) is 0 Å². The number of nitriles is 1. The summed E-state index contributed by atoms with van der Waals surface area (Å²) < 4.78 is 38.4. The van der Waals surface area contributed by atoms with Gasteiger partial charge >= 0.3 is 6.18 Å². The van der Waals surface area contributed by atoms with Crippen LogP contribution in [0.15, 0.2) is 30.3 Å². The van der Waals surface area contributed by atoms with Crippen molar-refractivity contribution in [2.45, 2.75) is 11.6 Å². The number of alkyl halides is 3. The highest BCUT2D eigenvalue weighted by Gasteiger charge is 2.61. The van der Waals surface area contributed by atoms with Crippen molar-refractivity contribution in [3.05, 3.63) is 35.9 Å². The van der Waals surface area contributed by atoms with Crippen LogP contribution in [0.1, 0.15) is 5.56 Å². The summed E-state index contributed by atoms with van der Waals surface area (Å²) in [5.41, 5.74) is 0.961. The van der Waals surface area contributed by atoms with Gasteiger partial charge < -0.3 is 5.73 Å². The molecule has 6 heteroatoms. The molecule has 0 spiro atoms. The lowest BCUT2D eigenvalue weighted by molar-refractivity contribution is -0.180. The van der Waals surface area contributed by atoms with Crippen LogP contribution in [0.25, 0.3) is 0 Å². The third-order valence-electron chi connectivity index (χ3n) is 2.17. The highest BCUT2D eigenvalue weighted by Crippen LogP contribution is 2.40. The number of rotatable bonds is 2. The second-order valence-electron chi connectivity index (χ2n) is 3.09. The van der Waals surface area contributed by atoms with Crippen molar-refractivity contribution in [1.29, 1.82) is 5.26 Å². The molecule has 1 aromatic rings. The molecule has 1 atom stereocenters. The van der Waals surface area contributed by atoms with Gasteiger partial charge in [-0.15, -0.1) is 0 Å². The predicted octanol–water partition coefficient (Wildman–Crippen LogP) is 1.50. The van der Waals surface area contributed by atoms with Crippen LogP contribution in [0.4, 0.5) is 13.2 Å². The van der Waals surface area contributed by atoms with Crippen LogP contribution in [0.2, 0.25) is 0 Å². The molecule has 16 heavy (non-hydrogen) atoms. The van der Waals surface area contributed by atoms with Crippen molar-refractivity contribution in [1.82, 2.24) is 0 Å². The van der Waals surface area contributed by atoms with Gasteiger partial charge in [-0.2, -0.15) is 18.4 Å². The molecule has 0 radical (unpaired) electrons. The Labute approximate surface area is 89.3 Å². The number of amides is 1. The fraction of sp³-hybridized carbons (Fsp3) is 0.200. The Morgan fingerprint density at radius 3 is 2.06 bits per heavy atom. The number of hydrogen-bond acceptors (Lipinski definition) is 2. The average molecular weight is 228 g/mol. The first-order chi connectivity index (χ1) is 7.36. The highest BCUT2D eigenvalue weighted by atomic mass is 19.4. The molecule has 3 nitrogen and oxygen atoms in total. The fourth-order valence-corrected chi connectivity index (χ4v) is 1.32. The van der Waals surface area contributed by atoms with E-state index in [-0.39, 0.29) is 0 Å². The predicted molar refractivity (Wildman–Crippen MR) is 49.0 cm³/mol. The molecular formula is C10H7F3N2O. The number of benzene rings is 1. The number of halogens is 3. The van der Waals surface area contributed by atoms with Crippen molar-refractivity contribution in [3.8, 4) is 6.07 Å². The van der Waals surface area contributed by atoms with E-state index >= 15 is 0 Å². The Balaban J connectivity index is 3.50. The number of carbonyl (C=O) groups excluding carboxylic acids is 1. The first-order valence-corrected chi connectivity index (χ1v) is 4.19. The summed E-state index contributed by atoms with van der Waals surface area (Å²) in [4.78, 5) is 11.0. The van der Waals surface area contributed by atoms with Crippen molar-refractivity contribution >= 4 is 5.91 Å². The minimum absolute atomic E-state index is 0.475. The standard InChI is InChI=1S/C10H7F3N2O/c11-10(12,13)9(6-14,8(15)16)7-4-2-1-3-5-7/h1-5H,(H2,15,16). The molecule has 1 rings (SSSR count). The lowest BCUT2D eigenvalue weighted by Gasteiger charge is -2.25. The zero-order valence-electron chi connectivity index (χ0n) is 7.95. The third kappa shape index (κ3) is 1.60. The molecule has 0 aliphatic carbocycles. The minimum Gasteiger partial charge on any atom is -0.368 e. The molecule has 84 valence electrons. The molecule has 0 aliphatic heterocycles. The molecule has 0 aliphatic rings. The summed E-state index contributed by atoms with van der Waals surface area (Å²) in [6.45, 7) is 0. The van der Waals surface area contributed by atoms with Gasteiger partial charge in [0.25, 0.3) is 11.3 Å². The van der Waals surface area contributed by atoms with Crippen LogP contribution in [0, 0.1) is 11.3 Å². The van der Waals surface area contributed by atoms with Crippen molar-refractivity contribution in [2.75, 3.05) is 0 Å². The third-order valence-corrected chi connectivity index (χ3v) is 2.17. The second-order valence-corrected chi connectivity index (χ2v) is 3.09. The molecular weight excluding hydrogens is 221 g/mol. The second kappa shape index (κ2) is 3.85. The van der Waals surface area contributed by atoms with Crippen LogP contribution in [-0.2, 0) is 10.2 Å². The molecule has 0 aromatic heterocycles. The van der Waals surface area contributed by atoms with E-state index < -0.39 is 23.1 Å². The Morgan fingerprint density at radius 1 is 1.25 bits per heavy atom. The van der Waals surface area contributed by atoms with Gasteiger partial charge in [-0.25, -0.2) is 0 Å². The van der Waals surface area contributed by atoms with Gasteiger partial charge in [-0.05, 0) is 5.56 Å². The monoisotopic (exact) mass is 228 g/mol. The van der Waals surface area contributed by atoms with E-state index in [0.717, 1.165) is 18.2 Å². The van der Waals surface area contributed by atoms with E-state index in [1.54, 1.807) is 0 Å². The molecule has 1 amide bonds. The zero-order chi connectivity index (χ0) is 12.4. The van der Waals surface area contributed by atoms with Gasteiger partial charge in [-0.1, -0.05) is 30.3 Å². The van der Waals surface area contributed by atoms with Gasteiger partial charge in [-0.3, -0.25) is 4.79 Å². The maximum atomic E-state index is 12.8. The molecule has 0 fully saturated rings. The lowest BCUT2D eigenvalue weighted by atomic mass is 9.80. The van der Waals surface area contributed by atoms with E-state index in [1.165, 1.54) is 18.2 Å². The number of primary amides is 1. The highest BCUT2D eigenvalue weighted by molar-refractivity contribution is 5.91. The first kappa shape index (κ1) is 12.0. The quantitative estimate of drug-likeness (QED) is 0.833. The molecule has 0 bridgehead atoms. The first-order valence-electron chi connectivity index (χ1n) is 4.19. The Hall–Kier alpha value is -2.03. The Kier molecular flexibility index (Phi) is 2.90. The van der Waals surface area contributed by atoms with Crippen LogP contribution in [-0.4, -0.2) is 12.1 Å². The molecule has 2 N–H and O–H groups in total. The molecule has 1 aromatic carbocycles. The minimum atomic E-state index is -5.05. The Bertz CT molecular complexity index is 436. The summed E-state index contributed by atoms with van der Waals surface area (Å²) in [7, 11) is 0. The van der Waals surface area contributed by atoms with E-state index in [2.05, 4.69) is 0 Å². The van der Waals surface area contributed by atoms with Gasteiger partial charge in [0.2, 0.25) is 0 Å². The normalized spacial score (nSPS) is 14.9. The van der Waals surface area contributed by atoms with Crippen LogP contribution in [0.3, 0.4) is 0 Å². The summed E-state index contributed by atoms with van der Waals surface area (Å²) in [6.07, 6.45) is -5.05. The fourth-order valence-electron chi connectivity index (χ4n) is 1.32. The summed E-state index contributed by atoms with van der Waals surface area (Å²) in [5.74, 6) is -1.73. The molecule has 0 saturated heterocycles. The molecule has 1 unspecified atom stereocenters. The topological polar surface area (TPSA) is 66.9 Å². The van der Waals surface area contributed by atoms with E-state index in [1.807, 2.05) is 0 Å². The number of hydrogen-bond donors (Lipinski definition) is 1. The van der Waals surface area contributed by atoms with Crippen molar-refractivity contribution in [3.63, 3.8) is 0 Å². The number of nitrogens with two attached hydrogens (primary N) is 1. The summed E-state index contributed by atoms with van der Waals surface area (Å²) in [6, 6.07) is 7.14. The average Bonchev–Trinajstić information content (AvgIpc) is 2.18. The lowest BCUT2D eigenvalue weighted by Crippen LogP contribution is -2.51.